The minimum absolute atomic E-state index is 0.101. The summed E-state index contributed by atoms with van der Waals surface area (Å²) in [5.41, 5.74) is 2.38. The first-order chi connectivity index (χ1) is 12.2. The number of ether oxygens (including phenoxy) is 1. The van der Waals surface area contributed by atoms with Crippen molar-refractivity contribution >= 4 is 16.8 Å². The van der Waals surface area contributed by atoms with Gasteiger partial charge in [0.1, 0.15) is 5.75 Å². The van der Waals surface area contributed by atoms with E-state index in [2.05, 4.69) is 10.2 Å². The summed E-state index contributed by atoms with van der Waals surface area (Å²) in [6.45, 7) is 0.314. The number of benzene rings is 2. The topological polar surface area (TPSA) is 78.5 Å². The van der Waals surface area contributed by atoms with E-state index in [1.807, 2.05) is 36.4 Å². The molecule has 4 rings (SSSR count). The van der Waals surface area contributed by atoms with Gasteiger partial charge < -0.3 is 14.7 Å². The highest BCUT2D eigenvalue weighted by molar-refractivity contribution is 6.06. The molecule has 1 aliphatic heterocycles. The highest BCUT2D eigenvalue weighted by atomic mass is 16.5. The lowest BCUT2D eigenvalue weighted by molar-refractivity contribution is 0.0717. The molecule has 128 valence electrons. The molecule has 1 amide bonds. The van der Waals surface area contributed by atoms with Gasteiger partial charge in [0, 0.05) is 11.9 Å². The fourth-order valence-electron chi connectivity index (χ4n) is 3.51. The van der Waals surface area contributed by atoms with Gasteiger partial charge in [-0.2, -0.15) is 5.10 Å². The molecular weight excluding hydrogens is 318 g/mol. The molecule has 1 aliphatic rings. The number of hydrogen-bond donors (Lipinski definition) is 2. The number of nitrogens with zero attached hydrogens (tertiary/aromatic N) is 2. The predicted molar refractivity (Wildman–Crippen MR) is 93.5 cm³/mol. The summed E-state index contributed by atoms with van der Waals surface area (Å²) in [7, 11) is 1.62. The summed E-state index contributed by atoms with van der Waals surface area (Å²) in [6, 6.07) is 13.0. The van der Waals surface area contributed by atoms with E-state index in [0.29, 0.717) is 18.5 Å². The number of aliphatic hydroxyl groups is 1. The predicted octanol–water partition coefficient (Wildman–Crippen LogP) is 2.52. The van der Waals surface area contributed by atoms with Crippen LogP contribution in [-0.4, -0.2) is 45.9 Å². The second-order valence-electron chi connectivity index (χ2n) is 6.28. The van der Waals surface area contributed by atoms with E-state index in [1.165, 1.54) is 0 Å². The number of likely N-dealkylation sites (tertiary alicyclic amines) is 1. The number of nitrogens with one attached hydrogen (secondary N) is 1. The molecular formula is C19H19N3O3. The Kier molecular flexibility index (Phi) is 3.89. The number of carbonyl (C=O) groups excluding carboxylic acids is 1. The van der Waals surface area contributed by atoms with Crippen LogP contribution >= 0.6 is 0 Å². The van der Waals surface area contributed by atoms with Crippen molar-refractivity contribution in [3.05, 3.63) is 59.8 Å². The summed E-state index contributed by atoms with van der Waals surface area (Å²) in [5, 5.41) is 17.9. The Morgan fingerprint density at radius 1 is 1.32 bits per heavy atom. The second kappa shape index (κ2) is 6.22. The molecule has 1 aromatic heterocycles. The number of H-pyrrole nitrogens is 1. The number of amides is 1. The van der Waals surface area contributed by atoms with E-state index in [9.17, 15) is 9.90 Å². The molecule has 0 aliphatic carbocycles. The Bertz CT molecular complexity index is 921. The third-order valence-corrected chi connectivity index (χ3v) is 4.73. The van der Waals surface area contributed by atoms with Crippen molar-refractivity contribution in [3.8, 4) is 5.75 Å². The molecule has 0 unspecified atom stereocenters. The van der Waals surface area contributed by atoms with Crippen LogP contribution in [0.2, 0.25) is 0 Å². The van der Waals surface area contributed by atoms with Crippen LogP contribution in [0.1, 0.15) is 28.4 Å². The Morgan fingerprint density at radius 3 is 3.00 bits per heavy atom. The zero-order valence-electron chi connectivity index (χ0n) is 13.8. The Labute approximate surface area is 145 Å². The molecule has 25 heavy (non-hydrogen) atoms. The van der Waals surface area contributed by atoms with Gasteiger partial charge in [0.25, 0.3) is 5.91 Å². The van der Waals surface area contributed by atoms with Crippen molar-refractivity contribution in [2.45, 2.75) is 18.6 Å². The van der Waals surface area contributed by atoms with Crippen LogP contribution in [0.15, 0.2) is 48.7 Å². The SMILES string of the molecule is COc1cccc([C@@H]2C[C@@H](O)CN2C(=O)c2cccc3[nH]ncc23)c1. The molecule has 1 saturated heterocycles. The summed E-state index contributed by atoms with van der Waals surface area (Å²) in [4.78, 5) is 14.9. The van der Waals surface area contributed by atoms with Gasteiger partial charge in [-0.15, -0.1) is 0 Å². The Balaban J connectivity index is 1.72. The van der Waals surface area contributed by atoms with Crippen LogP contribution in [-0.2, 0) is 0 Å². The Hall–Kier alpha value is -2.86. The smallest absolute Gasteiger partial charge is 0.255 e. The lowest BCUT2D eigenvalue weighted by Gasteiger charge is -2.25. The van der Waals surface area contributed by atoms with Crippen molar-refractivity contribution in [2.24, 2.45) is 0 Å². The zero-order chi connectivity index (χ0) is 17.4. The number of rotatable bonds is 3. The molecule has 3 aromatic rings. The van der Waals surface area contributed by atoms with Crippen molar-refractivity contribution in [3.63, 3.8) is 0 Å². The quantitative estimate of drug-likeness (QED) is 0.770. The number of aromatic amines is 1. The maximum atomic E-state index is 13.2. The van der Waals surface area contributed by atoms with Crippen LogP contribution in [0.5, 0.6) is 5.75 Å². The number of carbonyl (C=O) groups is 1. The van der Waals surface area contributed by atoms with Crippen molar-refractivity contribution < 1.29 is 14.6 Å². The summed E-state index contributed by atoms with van der Waals surface area (Å²) >= 11 is 0. The molecule has 0 saturated carbocycles. The highest BCUT2D eigenvalue weighted by Gasteiger charge is 2.36. The molecule has 2 N–H and O–H groups in total. The van der Waals surface area contributed by atoms with Gasteiger partial charge in [-0.3, -0.25) is 9.89 Å². The van der Waals surface area contributed by atoms with Crippen molar-refractivity contribution in [1.29, 1.82) is 0 Å². The summed E-state index contributed by atoms with van der Waals surface area (Å²) in [6.07, 6.45) is 1.64. The number of hydrogen-bond acceptors (Lipinski definition) is 4. The zero-order valence-corrected chi connectivity index (χ0v) is 13.8. The maximum Gasteiger partial charge on any atom is 0.255 e. The normalized spacial score (nSPS) is 20.2. The third kappa shape index (κ3) is 2.74. The van der Waals surface area contributed by atoms with Crippen molar-refractivity contribution in [2.75, 3.05) is 13.7 Å². The average Bonchev–Trinajstić information content (AvgIpc) is 3.27. The first-order valence-corrected chi connectivity index (χ1v) is 8.22. The summed E-state index contributed by atoms with van der Waals surface area (Å²) < 4.78 is 5.29. The molecule has 1 fully saturated rings. The van der Waals surface area contributed by atoms with Crippen LogP contribution in [0.25, 0.3) is 10.9 Å². The fraction of sp³-hybridized carbons (Fsp3) is 0.263. The van der Waals surface area contributed by atoms with E-state index in [1.54, 1.807) is 24.3 Å². The van der Waals surface area contributed by atoms with Gasteiger partial charge in [-0.05, 0) is 36.2 Å². The number of β-amino-alcohol motifs (C(OH)–C–C–N with tert-alkyl or cyclic N) is 1. The van der Waals surface area contributed by atoms with Gasteiger partial charge in [0.05, 0.1) is 36.5 Å². The number of methoxy groups -OCH3 is 1. The standard InChI is InChI=1S/C19H19N3O3/c1-25-14-5-2-4-12(8-14)18-9-13(23)11-22(18)19(24)15-6-3-7-17-16(15)10-20-21-17/h2-8,10,13,18,23H,9,11H2,1H3,(H,20,21)/t13-,18+/m1/s1. The molecule has 0 spiro atoms. The van der Waals surface area contributed by atoms with E-state index < -0.39 is 6.10 Å². The average molecular weight is 337 g/mol. The van der Waals surface area contributed by atoms with E-state index in [4.69, 9.17) is 4.74 Å². The number of aliphatic hydroxyl groups excluding tert-OH is 1. The Morgan fingerprint density at radius 2 is 2.16 bits per heavy atom. The first kappa shape index (κ1) is 15.7. The lowest BCUT2D eigenvalue weighted by atomic mass is 10.0. The number of fused-ring (bicyclic) bond motifs is 1. The van der Waals surface area contributed by atoms with Gasteiger partial charge in [0.15, 0.2) is 0 Å². The van der Waals surface area contributed by atoms with Crippen LogP contribution in [0.3, 0.4) is 0 Å². The second-order valence-corrected chi connectivity index (χ2v) is 6.28. The van der Waals surface area contributed by atoms with E-state index in [-0.39, 0.29) is 11.9 Å². The summed E-state index contributed by atoms with van der Waals surface area (Å²) in [5.74, 6) is 0.639. The molecule has 0 radical (unpaired) electrons. The fourth-order valence-corrected chi connectivity index (χ4v) is 3.51. The molecule has 0 bridgehead atoms. The first-order valence-electron chi connectivity index (χ1n) is 8.22. The molecule has 6 nitrogen and oxygen atoms in total. The third-order valence-electron chi connectivity index (χ3n) is 4.73. The lowest BCUT2D eigenvalue weighted by Crippen LogP contribution is -2.31. The monoisotopic (exact) mass is 337 g/mol. The van der Waals surface area contributed by atoms with Gasteiger partial charge in [0.2, 0.25) is 0 Å². The van der Waals surface area contributed by atoms with E-state index >= 15 is 0 Å². The van der Waals surface area contributed by atoms with Gasteiger partial charge >= 0.3 is 0 Å². The maximum absolute atomic E-state index is 13.2. The van der Waals surface area contributed by atoms with Gasteiger partial charge in [-0.1, -0.05) is 18.2 Å². The van der Waals surface area contributed by atoms with Crippen LogP contribution in [0, 0.1) is 0 Å². The molecule has 6 heteroatoms. The minimum atomic E-state index is -0.538. The molecule has 2 aromatic carbocycles. The number of aromatic nitrogens is 2. The van der Waals surface area contributed by atoms with Crippen molar-refractivity contribution in [1.82, 2.24) is 15.1 Å². The molecule has 2 heterocycles. The molecule has 2 atom stereocenters. The largest absolute Gasteiger partial charge is 0.497 e. The minimum Gasteiger partial charge on any atom is -0.497 e. The van der Waals surface area contributed by atoms with E-state index in [0.717, 1.165) is 22.2 Å². The van der Waals surface area contributed by atoms with Crippen LogP contribution < -0.4 is 4.74 Å². The van der Waals surface area contributed by atoms with Crippen LogP contribution in [0.4, 0.5) is 0 Å². The van der Waals surface area contributed by atoms with Gasteiger partial charge in [-0.25, -0.2) is 0 Å². The highest BCUT2D eigenvalue weighted by Crippen LogP contribution is 2.35.